The summed E-state index contributed by atoms with van der Waals surface area (Å²) in [6.45, 7) is 6.09. The van der Waals surface area contributed by atoms with Crippen LogP contribution in [-0.4, -0.2) is 20.8 Å². The molecule has 0 saturated heterocycles. The van der Waals surface area contributed by atoms with E-state index in [0.717, 1.165) is 23.2 Å². The Morgan fingerprint density at radius 2 is 1.73 bits per heavy atom. The second-order valence-corrected chi connectivity index (χ2v) is 11.1. The monoisotopic (exact) mass is 600 g/mol. The summed E-state index contributed by atoms with van der Waals surface area (Å²) in [6.07, 6.45) is 3.98. The highest BCUT2D eigenvalue weighted by Crippen LogP contribution is 2.36. The number of nitriles is 2. The first-order chi connectivity index (χ1) is 17.8. The summed E-state index contributed by atoms with van der Waals surface area (Å²) in [5, 5.41) is 27.7. The Morgan fingerprint density at radius 3 is 2.41 bits per heavy atom. The molecule has 37 heavy (non-hydrogen) atoms. The molecule has 0 fully saturated rings. The van der Waals surface area contributed by atoms with Crippen LogP contribution in [0.2, 0.25) is 0 Å². The minimum atomic E-state index is -0.683. The van der Waals surface area contributed by atoms with Crippen molar-refractivity contribution in [1.29, 1.82) is 10.5 Å². The third-order valence-electron chi connectivity index (χ3n) is 6.74. The predicted molar refractivity (Wildman–Crippen MR) is 153 cm³/mol. The van der Waals surface area contributed by atoms with Crippen molar-refractivity contribution < 1.29 is 0 Å². The Hall–Kier alpha value is -3.53. The summed E-state index contributed by atoms with van der Waals surface area (Å²) in [4.78, 5) is 4.06. The Balaban J connectivity index is 1.71. The number of hydrogen-bond acceptors (Lipinski definition) is 5. The van der Waals surface area contributed by atoms with Crippen LogP contribution in [0, 0.1) is 31.6 Å². The Labute approximate surface area is 232 Å². The molecular formula is C30H29IN6. The highest BCUT2D eigenvalue weighted by atomic mass is 127. The summed E-state index contributed by atoms with van der Waals surface area (Å²) in [5.41, 5.74) is 4.18. The summed E-state index contributed by atoms with van der Waals surface area (Å²) < 4.78 is 2.91. The molecule has 4 rings (SSSR count). The van der Waals surface area contributed by atoms with Gasteiger partial charge in [-0.3, -0.25) is 0 Å². The quantitative estimate of drug-likeness (QED) is 0.227. The average molecular weight is 601 g/mol. The molecule has 3 atom stereocenters. The lowest BCUT2D eigenvalue weighted by atomic mass is 9.79. The molecule has 0 amide bonds. The molecule has 0 saturated carbocycles. The number of aromatic nitrogens is 3. The Morgan fingerprint density at radius 1 is 1.00 bits per heavy atom. The van der Waals surface area contributed by atoms with Gasteiger partial charge in [-0.05, 0) is 103 Å². The topological polar surface area (TPSA) is 90.3 Å². The predicted octanol–water partition coefficient (Wildman–Crippen LogP) is 6.34. The van der Waals surface area contributed by atoms with Gasteiger partial charge in [-0.2, -0.15) is 15.6 Å². The lowest BCUT2D eigenvalue weighted by Crippen LogP contribution is -2.42. The minimum Gasteiger partial charge on any atom is -0.305 e. The molecule has 0 spiro atoms. The van der Waals surface area contributed by atoms with E-state index in [1.54, 1.807) is 11.0 Å². The number of nitrogens with one attached hydrogen (secondary N) is 1. The van der Waals surface area contributed by atoms with Gasteiger partial charge < -0.3 is 5.32 Å². The van der Waals surface area contributed by atoms with Crippen LogP contribution in [-0.2, 0) is 6.42 Å². The highest BCUT2D eigenvalue weighted by molar-refractivity contribution is 14.1. The van der Waals surface area contributed by atoms with E-state index >= 15 is 0 Å². The van der Waals surface area contributed by atoms with Crippen LogP contribution in [0.25, 0.3) is 5.69 Å². The number of nitrogens with zero attached hydrogens (tertiary/aromatic N) is 5. The number of rotatable bonds is 9. The third-order valence-corrected chi connectivity index (χ3v) is 7.46. The molecule has 3 aromatic carbocycles. The molecule has 7 heteroatoms. The van der Waals surface area contributed by atoms with E-state index in [1.165, 1.54) is 15.5 Å². The standard InChI is InChI=1S/C30H29IN6/c1-21(28(15-22-10-12-26(31)13-11-22)24-7-4-6-23(14-24)17-32)36-29(30(2,3)18-33)25-8-5-9-27(16-25)37-20-34-19-35-37/h4-14,16,19-21,28-29,36H,15H2,1-3H3/t21-,28+,29?/m0/s1. The van der Waals surface area contributed by atoms with Crippen LogP contribution < -0.4 is 5.32 Å². The molecular weight excluding hydrogens is 571 g/mol. The van der Waals surface area contributed by atoms with Gasteiger partial charge in [0.1, 0.15) is 12.7 Å². The summed E-state index contributed by atoms with van der Waals surface area (Å²) >= 11 is 2.32. The van der Waals surface area contributed by atoms with Crippen LogP contribution >= 0.6 is 22.6 Å². The van der Waals surface area contributed by atoms with Crippen molar-refractivity contribution >= 4 is 22.6 Å². The SMILES string of the molecule is C[C@H](NC(c1cccc(-n2cncn2)c1)C(C)(C)C#N)[C@@H](Cc1ccc(I)cc1)c1cccc(C#N)c1. The van der Waals surface area contributed by atoms with Gasteiger partial charge in [-0.15, -0.1) is 0 Å². The van der Waals surface area contributed by atoms with Gasteiger partial charge in [0.2, 0.25) is 0 Å². The van der Waals surface area contributed by atoms with E-state index in [9.17, 15) is 10.5 Å². The average Bonchev–Trinajstić information content (AvgIpc) is 3.46. The summed E-state index contributed by atoms with van der Waals surface area (Å²) in [6, 6.07) is 29.0. The molecule has 4 aromatic rings. The van der Waals surface area contributed by atoms with Crippen molar-refractivity contribution in [3.8, 4) is 17.8 Å². The van der Waals surface area contributed by atoms with Crippen LogP contribution in [0.15, 0.2) is 85.5 Å². The fraction of sp³-hybridized carbons (Fsp3) is 0.267. The summed E-state index contributed by atoms with van der Waals surface area (Å²) in [5.74, 6) is 0.0869. The second kappa shape index (κ2) is 11.7. The van der Waals surface area contributed by atoms with Crippen molar-refractivity contribution in [1.82, 2.24) is 20.1 Å². The van der Waals surface area contributed by atoms with Crippen molar-refractivity contribution in [3.63, 3.8) is 0 Å². The molecule has 0 bridgehead atoms. The van der Waals surface area contributed by atoms with E-state index in [4.69, 9.17) is 0 Å². The zero-order chi connectivity index (χ0) is 26.4. The first kappa shape index (κ1) is 26.5. The van der Waals surface area contributed by atoms with Gasteiger partial charge in [0.15, 0.2) is 0 Å². The van der Waals surface area contributed by atoms with Gasteiger partial charge in [0.25, 0.3) is 0 Å². The van der Waals surface area contributed by atoms with Crippen molar-refractivity contribution in [3.05, 3.63) is 111 Å². The van der Waals surface area contributed by atoms with Gasteiger partial charge >= 0.3 is 0 Å². The fourth-order valence-electron chi connectivity index (χ4n) is 4.65. The third kappa shape index (κ3) is 6.43. The van der Waals surface area contributed by atoms with Crippen molar-refractivity contribution in [2.24, 2.45) is 5.41 Å². The van der Waals surface area contributed by atoms with Crippen molar-refractivity contribution in [2.75, 3.05) is 0 Å². The van der Waals surface area contributed by atoms with Crippen LogP contribution in [0.3, 0.4) is 0 Å². The van der Waals surface area contributed by atoms with E-state index in [0.29, 0.717) is 5.56 Å². The van der Waals surface area contributed by atoms with Gasteiger partial charge in [-0.1, -0.05) is 36.4 Å². The molecule has 1 N–H and O–H groups in total. The molecule has 0 aliphatic rings. The molecule has 6 nitrogen and oxygen atoms in total. The maximum Gasteiger partial charge on any atom is 0.138 e. The lowest BCUT2D eigenvalue weighted by Gasteiger charge is -2.36. The molecule has 1 aromatic heterocycles. The first-order valence-electron chi connectivity index (χ1n) is 12.2. The second-order valence-electron chi connectivity index (χ2n) is 9.83. The molecule has 186 valence electrons. The maximum absolute atomic E-state index is 10.1. The van der Waals surface area contributed by atoms with Crippen molar-refractivity contribution in [2.45, 2.75) is 45.2 Å². The summed E-state index contributed by atoms with van der Waals surface area (Å²) in [7, 11) is 0. The van der Waals surface area contributed by atoms with Gasteiger partial charge in [-0.25, -0.2) is 9.67 Å². The van der Waals surface area contributed by atoms with Gasteiger partial charge in [0, 0.05) is 15.5 Å². The largest absolute Gasteiger partial charge is 0.305 e. The molecule has 0 aliphatic heterocycles. The van der Waals surface area contributed by atoms with E-state index in [-0.39, 0.29) is 18.0 Å². The smallest absolute Gasteiger partial charge is 0.138 e. The molecule has 0 radical (unpaired) electrons. The van der Waals surface area contributed by atoms with Gasteiger partial charge in [0.05, 0.1) is 34.8 Å². The maximum atomic E-state index is 10.1. The highest BCUT2D eigenvalue weighted by Gasteiger charge is 2.34. The Bertz CT molecular complexity index is 1410. The zero-order valence-electron chi connectivity index (χ0n) is 21.1. The first-order valence-corrected chi connectivity index (χ1v) is 13.3. The zero-order valence-corrected chi connectivity index (χ0v) is 23.3. The minimum absolute atomic E-state index is 0.000807. The van der Waals surface area contributed by atoms with E-state index < -0.39 is 5.41 Å². The lowest BCUT2D eigenvalue weighted by molar-refractivity contribution is 0.281. The van der Waals surface area contributed by atoms with E-state index in [1.807, 2.05) is 50.2 Å². The fourth-order valence-corrected chi connectivity index (χ4v) is 5.01. The molecule has 0 aliphatic carbocycles. The molecule has 1 unspecified atom stereocenters. The van der Waals surface area contributed by atoms with E-state index in [2.05, 4.69) is 93.5 Å². The number of halogens is 1. The van der Waals surface area contributed by atoms with Crippen LogP contribution in [0.1, 0.15) is 55.0 Å². The van der Waals surface area contributed by atoms with Crippen LogP contribution in [0.4, 0.5) is 0 Å². The normalized spacial score (nSPS) is 13.8. The Kier molecular flexibility index (Phi) is 8.38. The molecule has 1 heterocycles. The number of benzene rings is 3. The number of hydrogen-bond donors (Lipinski definition) is 1. The van der Waals surface area contributed by atoms with Crippen LogP contribution in [0.5, 0.6) is 0 Å².